The summed E-state index contributed by atoms with van der Waals surface area (Å²) >= 11 is 0. The number of nitrogens with one attached hydrogen (secondary N) is 2. The maximum atomic E-state index is 12.0. The zero-order chi connectivity index (χ0) is 17.8. The number of allylic oxidation sites excluding steroid dienone is 1. The molecule has 4 rings (SSSR count). The second kappa shape index (κ2) is 5.23. The molecule has 0 amide bonds. The SMILES string of the molecule is CC1=NC(CN)(Cc2nccnc2-c2c[nH][nH]c2=O)C2=C1C(C)(C)C2. The number of hydrogen-bond donors (Lipinski definition) is 3. The molecule has 1 aliphatic carbocycles. The van der Waals surface area contributed by atoms with Crippen LogP contribution in [-0.2, 0) is 6.42 Å². The average molecular weight is 338 g/mol. The number of hydrogen-bond acceptors (Lipinski definition) is 5. The number of aromatic nitrogens is 4. The fraction of sp³-hybridized carbons (Fsp3) is 0.444. The number of H-pyrrole nitrogens is 2. The Kier molecular flexibility index (Phi) is 3.34. The van der Waals surface area contributed by atoms with Crippen molar-refractivity contribution in [2.24, 2.45) is 16.1 Å². The minimum atomic E-state index is -0.469. The highest BCUT2D eigenvalue weighted by Gasteiger charge is 2.52. The van der Waals surface area contributed by atoms with Crippen molar-refractivity contribution >= 4 is 5.71 Å². The van der Waals surface area contributed by atoms with E-state index in [1.54, 1.807) is 18.6 Å². The summed E-state index contributed by atoms with van der Waals surface area (Å²) < 4.78 is 0. The molecule has 1 atom stereocenters. The summed E-state index contributed by atoms with van der Waals surface area (Å²) in [5.74, 6) is 0. The normalized spacial score (nSPS) is 24.1. The summed E-state index contributed by atoms with van der Waals surface area (Å²) in [5.41, 5.74) is 11.2. The van der Waals surface area contributed by atoms with Crippen molar-refractivity contribution < 1.29 is 0 Å². The Balaban J connectivity index is 1.79. The molecule has 7 nitrogen and oxygen atoms in total. The Hall–Kier alpha value is -2.54. The highest BCUT2D eigenvalue weighted by atomic mass is 16.1. The van der Waals surface area contributed by atoms with Crippen LogP contribution in [0.2, 0.25) is 0 Å². The molecule has 2 aromatic rings. The van der Waals surface area contributed by atoms with E-state index in [1.165, 1.54) is 11.1 Å². The van der Waals surface area contributed by atoms with E-state index in [0.717, 1.165) is 17.8 Å². The van der Waals surface area contributed by atoms with Gasteiger partial charge in [-0.05, 0) is 29.9 Å². The number of aliphatic imine (C=N–C) groups is 1. The second-order valence-corrected chi connectivity index (χ2v) is 7.53. The summed E-state index contributed by atoms with van der Waals surface area (Å²) in [6.07, 6.45) is 6.39. The van der Waals surface area contributed by atoms with Crippen LogP contribution in [0.3, 0.4) is 0 Å². The standard InChI is InChI=1S/C18H22N6O/c1-10-14-12(6-17(14,2)3)18(9-19,23-10)7-13-15(21-5-4-20-13)11-8-22-24-16(11)25/h4-5,8H,6-7,9,19H2,1-3H3,(H2,22,24,25). The van der Waals surface area contributed by atoms with Gasteiger partial charge in [-0.1, -0.05) is 13.8 Å². The van der Waals surface area contributed by atoms with Crippen LogP contribution in [0.15, 0.2) is 39.5 Å². The molecule has 0 radical (unpaired) electrons. The van der Waals surface area contributed by atoms with E-state index in [9.17, 15) is 4.79 Å². The lowest BCUT2D eigenvalue weighted by atomic mass is 9.61. The molecule has 2 aromatic heterocycles. The summed E-state index contributed by atoms with van der Waals surface area (Å²) in [5, 5.41) is 5.27. The molecule has 1 unspecified atom stereocenters. The Morgan fingerprint density at radius 2 is 2.04 bits per heavy atom. The molecule has 3 heterocycles. The fourth-order valence-corrected chi connectivity index (χ4v) is 4.34. The number of nitrogens with zero attached hydrogens (tertiary/aromatic N) is 3. The van der Waals surface area contributed by atoms with Crippen LogP contribution < -0.4 is 11.3 Å². The molecular weight excluding hydrogens is 316 g/mol. The zero-order valence-corrected chi connectivity index (χ0v) is 14.7. The van der Waals surface area contributed by atoms with Crippen LogP contribution in [-0.4, -0.2) is 38.0 Å². The number of aromatic amines is 2. The van der Waals surface area contributed by atoms with Crippen molar-refractivity contribution in [3.63, 3.8) is 0 Å². The Labute approximate surface area is 145 Å². The van der Waals surface area contributed by atoms with E-state index >= 15 is 0 Å². The van der Waals surface area contributed by atoms with Crippen molar-refractivity contribution in [2.75, 3.05) is 6.54 Å². The first kappa shape index (κ1) is 16.0. The highest BCUT2D eigenvalue weighted by molar-refractivity contribution is 6.05. The lowest BCUT2D eigenvalue weighted by Crippen LogP contribution is -2.44. The predicted molar refractivity (Wildman–Crippen MR) is 96.5 cm³/mol. The summed E-state index contributed by atoms with van der Waals surface area (Å²) in [7, 11) is 0. The van der Waals surface area contributed by atoms with Gasteiger partial charge in [-0.2, -0.15) is 0 Å². The lowest BCUT2D eigenvalue weighted by Gasteiger charge is -2.43. The molecule has 4 N–H and O–H groups in total. The van der Waals surface area contributed by atoms with Crippen LogP contribution >= 0.6 is 0 Å². The van der Waals surface area contributed by atoms with Gasteiger partial charge in [-0.15, -0.1) is 0 Å². The number of rotatable bonds is 4. The fourth-order valence-electron chi connectivity index (χ4n) is 4.34. The molecule has 2 aliphatic rings. The largest absolute Gasteiger partial charge is 0.328 e. The molecule has 1 aliphatic heterocycles. The quantitative estimate of drug-likeness (QED) is 0.786. The van der Waals surface area contributed by atoms with Crippen molar-refractivity contribution in [1.82, 2.24) is 20.2 Å². The third-order valence-electron chi connectivity index (χ3n) is 5.38. The van der Waals surface area contributed by atoms with Crippen LogP contribution in [0.25, 0.3) is 11.3 Å². The van der Waals surface area contributed by atoms with Gasteiger partial charge in [0.2, 0.25) is 0 Å². The van der Waals surface area contributed by atoms with Crippen molar-refractivity contribution in [3.05, 3.63) is 45.8 Å². The van der Waals surface area contributed by atoms with Gasteiger partial charge in [0.25, 0.3) is 5.56 Å². The monoisotopic (exact) mass is 338 g/mol. The van der Waals surface area contributed by atoms with Gasteiger partial charge in [0.05, 0.1) is 17.0 Å². The molecule has 130 valence electrons. The molecule has 0 spiro atoms. The number of nitrogens with two attached hydrogens (primary N) is 1. The van der Waals surface area contributed by atoms with E-state index in [0.29, 0.717) is 24.2 Å². The van der Waals surface area contributed by atoms with E-state index < -0.39 is 5.54 Å². The molecular formula is C18H22N6O. The molecule has 7 heteroatoms. The van der Waals surface area contributed by atoms with E-state index in [1.807, 2.05) is 0 Å². The topological polar surface area (TPSA) is 113 Å². The third kappa shape index (κ3) is 2.22. The van der Waals surface area contributed by atoms with Crippen molar-refractivity contribution in [2.45, 2.75) is 39.2 Å². The van der Waals surface area contributed by atoms with Gasteiger partial charge in [0.15, 0.2) is 0 Å². The van der Waals surface area contributed by atoms with E-state index in [-0.39, 0.29) is 11.0 Å². The van der Waals surface area contributed by atoms with Crippen molar-refractivity contribution in [1.29, 1.82) is 0 Å². The minimum Gasteiger partial charge on any atom is -0.328 e. The van der Waals surface area contributed by atoms with Gasteiger partial charge in [-0.25, -0.2) is 0 Å². The van der Waals surface area contributed by atoms with Gasteiger partial charge < -0.3 is 10.8 Å². The van der Waals surface area contributed by atoms with Crippen LogP contribution in [0, 0.1) is 5.41 Å². The highest BCUT2D eigenvalue weighted by Crippen LogP contribution is 2.55. The van der Waals surface area contributed by atoms with Gasteiger partial charge in [-0.3, -0.25) is 24.9 Å². The van der Waals surface area contributed by atoms with Crippen LogP contribution in [0.1, 0.15) is 32.9 Å². The average Bonchev–Trinajstić information content (AvgIpc) is 3.07. The molecule has 0 saturated heterocycles. The smallest absolute Gasteiger partial charge is 0.273 e. The molecule has 0 bridgehead atoms. The Bertz CT molecular complexity index is 964. The third-order valence-corrected chi connectivity index (χ3v) is 5.38. The molecule has 0 fully saturated rings. The Morgan fingerprint density at radius 3 is 2.64 bits per heavy atom. The predicted octanol–water partition coefficient (Wildman–Crippen LogP) is 1.60. The molecule has 0 aromatic carbocycles. The first-order chi connectivity index (χ1) is 11.9. The maximum absolute atomic E-state index is 12.0. The van der Waals surface area contributed by atoms with Crippen LogP contribution in [0.5, 0.6) is 0 Å². The first-order valence-electron chi connectivity index (χ1n) is 8.45. The second-order valence-electron chi connectivity index (χ2n) is 7.53. The van der Waals surface area contributed by atoms with Gasteiger partial charge in [0, 0.05) is 37.3 Å². The molecule has 0 saturated carbocycles. The van der Waals surface area contributed by atoms with E-state index in [4.69, 9.17) is 10.7 Å². The Morgan fingerprint density at radius 1 is 1.28 bits per heavy atom. The van der Waals surface area contributed by atoms with E-state index in [2.05, 4.69) is 40.9 Å². The van der Waals surface area contributed by atoms with Crippen LogP contribution in [0.4, 0.5) is 0 Å². The maximum Gasteiger partial charge on any atom is 0.273 e. The van der Waals surface area contributed by atoms with Crippen molar-refractivity contribution in [3.8, 4) is 11.3 Å². The lowest BCUT2D eigenvalue weighted by molar-refractivity contribution is 0.349. The molecule has 25 heavy (non-hydrogen) atoms. The van der Waals surface area contributed by atoms with Gasteiger partial charge >= 0.3 is 0 Å². The summed E-state index contributed by atoms with van der Waals surface area (Å²) in [6.45, 7) is 6.95. The summed E-state index contributed by atoms with van der Waals surface area (Å²) in [6, 6.07) is 0. The first-order valence-corrected chi connectivity index (χ1v) is 8.45. The summed E-state index contributed by atoms with van der Waals surface area (Å²) in [4.78, 5) is 25.9. The zero-order valence-electron chi connectivity index (χ0n) is 14.7. The minimum absolute atomic E-state index is 0.156. The van der Waals surface area contributed by atoms with Gasteiger partial charge in [0.1, 0.15) is 5.54 Å².